The van der Waals surface area contributed by atoms with Crippen LogP contribution in [0.25, 0.3) is 0 Å². The van der Waals surface area contributed by atoms with Crippen molar-refractivity contribution >= 4 is 38.8 Å². The van der Waals surface area contributed by atoms with Crippen LogP contribution in [0.1, 0.15) is 17.2 Å². The van der Waals surface area contributed by atoms with Crippen LogP contribution in [0.15, 0.2) is 33.3 Å². The maximum atomic E-state index is 5.59. The van der Waals surface area contributed by atoms with Gasteiger partial charge in [-0.25, -0.2) is 4.98 Å². The van der Waals surface area contributed by atoms with Crippen molar-refractivity contribution in [1.82, 2.24) is 4.98 Å². The molecule has 0 unspecified atom stereocenters. The van der Waals surface area contributed by atoms with Gasteiger partial charge in [-0.2, -0.15) is 0 Å². The van der Waals surface area contributed by atoms with Gasteiger partial charge in [-0.3, -0.25) is 0 Å². The van der Waals surface area contributed by atoms with E-state index < -0.39 is 0 Å². The molecule has 2 rings (SSSR count). The molecule has 0 aliphatic rings. The number of oxazole rings is 1. The second kappa shape index (κ2) is 5.49. The van der Waals surface area contributed by atoms with Gasteiger partial charge in [0.2, 0.25) is 5.89 Å². The van der Waals surface area contributed by atoms with Crippen LogP contribution in [0, 0.1) is 6.92 Å². The van der Waals surface area contributed by atoms with Gasteiger partial charge in [0.25, 0.3) is 0 Å². The van der Waals surface area contributed by atoms with Gasteiger partial charge in [-0.1, -0.05) is 12.2 Å². The zero-order valence-electron chi connectivity index (χ0n) is 9.74. The van der Waals surface area contributed by atoms with Crippen molar-refractivity contribution < 1.29 is 4.42 Å². The van der Waals surface area contributed by atoms with Gasteiger partial charge in [0.05, 0.1) is 12.7 Å². The van der Waals surface area contributed by atoms with E-state index in [1.807, 2.05) is 25.1 Å². The van der Waals surface area contributed by atoms with Crippen molar-refractivity contribution in [1.29, 1.82) is 0 Å². The van der Waals surface area contributed by atoms with Gasteiger partial charge in [0, 0.05) is 15.7 Å². The molecule has 1 heterocycles. The van der Waals surface area contributed by atoms with E-state index in [0.29, 0.717) is 17.4 Å². The lowest BCUT2D eigenvalue weighted by Crippen LogP contribution is -2.10. The Bertz CT molecular complexity index is 582. The smallest absolute Gasteiger partial charge is 0.213 e. The van der Waals surface area contributed by atoms with Crippen molar-refractivity contribution in [2.24, 2.45) is 5.73 Å². The Morgan fingerprint density at radius 2 is 2.33 bits per heavy atom. The maximum absolute atomic E-state index is 5.59. The molecule has 0 saturated heterocycles. The molecule has 0 atom stereocenters. The second-order valence-electron chi connectivity index (χ2n) is 3.78. The van der Waals surface area contributed by atoms with E-state index in [1.54, 1.807) is 6.20 Å². The van der Waals surface area contributed by atoms with Crippen molar-refractivity contribution in [2.75, 3.05) is 5.32 Å². The third kappa shape index (κ3) is 3.08. The van der Waals surface area contributed by atoms with Crippen molar-refractivity contribution in [3.63, 3.8) is 0 Å². The Morgan fingerprint density at radius 3 is 2.89 bits per heavy atom. The highest BCUT2D eigenvalue weighted by atomic mass is 79.9. The summed E-state index contributed by atoms with van der Waals surface area (Å²) >= 11 is 8.37. The normalized spacial score (nSPS) is 10.3. The lowest BCUT2D eigenvalue weighted by atomic mass is 10.2. The lowest BCUT2D eigenvalue weighted by Gasteiger charge is -2.07. The summed E-state index contributed by atoms with van der Waals surface area (Å²) in [6, 6.07) is 5.70. The number of nitrogens with two attached hydrogens (primary N) is 1. The van der Waals surface area contributed by atoms with E-state index in [0.717, 1.165) is 21.5 Å². The van der Waals surface area contributed by atoms with Crippen LogP contribution in [-0.2, 0) is 6.54 Å². The van der Waals surface area contributed by atoms with Crippen molar-refractivity contribution in [3.05, 3.63) is 46.1 Å². The minimum absolute atomic E-state index is 0.372. The molecule has 0 bridgehead atoms. The second-order valence-corrected chi connectivity index (χ2v) is 5.07. The first-order chi connectivity index (χ1) is 8.56. The molecule has 0 amide bonds. The van der Waals surface area contributed by atoms with Gasteiger partial charge in [-0.05, 0) is 41.1 Å². The van der Waals surface area contributed by atoms with Crippen LogP contribution in [-0.4, -0.2) is 9.97 Å². The number of hydrogen-bond donors (Lipinski definition) is 2. The van der Waals surface area contributed by atoms with Crippen LogP contribution in [0.5, 0.6) is 0 Å². The molecule has 0 spiro atoms. The fourth-order valence-electron chi connectivity index (χ4n) is 1.49. The number of hydrogen-bond acceptors (Lipinski definition) is 4. The molecule has 1 aromatic heterocycles. The molecule has 0 aliphatic heterocycles. The van der Waals surface area contributed by atoms with Gasteiger partial charge >= 0.3 is 0 Å². The average molecular weight is 326 g/mol. The van der Waals surface area contributed by atoms with Crippen LogP contribution < -0.4 is 11.1 Å². The first-order valence-electron chi connectivity index (χ1n) is 5.31. The number of rotatable bonds is 4. The summed E-state index contributed by atoms with van der Waals surface area (Å²) in [5.74, 6) is 1.46. The molecule has 0 fully saturated rings. The van der Waals surface area contributed by atoms with Gasteiger partial charge in [-0.15, -0.1) is 0 Å². The molecule has 1 aromatic carbocycles. The van der Waals surface area contributed by atoms with E-state index in [1.165, 1.54) is 0 Å². The fourth-order valence-corrected chi connectivity index (χ4v) is 2.39. The molecular weight excluding hydrogens is 314 g/mol. The minimum atomic E-state index is 0.372. The van der Waals surface area contributed by atoms with Gasteiger partial charge in [0.1, 0.15) is 10.7 Å². The molecule has 4 nitrogen and oxygen atoms in total. The number of thiocarbonyl (C=S) groups is 1. The van der Waals surface area contributed by atoms with E-state index in [-0.39, 0.29) is 0 Å². The average Bonchev–Trinajstić information content (AvgIpc) is 2.72. The topological polar surface area (TPSA) is 64.1 Å². The predicted octanol–water partition coefficient (Wildman–Crippen LogP) is 2.99. The fraction of sp³-hybridized carbons (Fsp3) is 0.167. The number of halogens is 1. The molecule has 0 radical (unpaired) electrons. The first kappa shape index (κ1) is 13.0. The van der Waals surface area contributed by atoms with Crippen molar-refractivity contribution in [3.8, 4) is 0 Å². The highest BCUT2D eigenvalue weighted by Gasteiger charge is 2.05. The Hall–Kier alpha value is -1.40. The molecular formula is C12H12BrN3OS. The number of anilines is 1. The molecule has 94 valence electrons. The highest BCUT2D eigenvalue weighted by Crippen LogP contribution is 2.22. The highest BCUT2D eigenvalue weighted by molar-refractivity contribution is 9.10. The maximum Gasteiger partial charge on any atom is 0.213 e. The van der Waals surface area contributed by atoms with E-state index in [2.05, 4.69) is 26.2 Å². The zero-order valence-corrected chi connectivity index (χ0v) is 12.1. The Morgan fingerprint density at radius 1 is 1.56 bits per heavy atom. The summed E-state index contributed by atoms with van der Waals surface area (Å²) in [5, 5.41) is 3.21. The zero-order chi connectivity index (χ0) is 13.1. The molecule has 0 aliphatic carbocycles. The number of nitrogens with one attached hydrogen (secondary N) is 1. The summed E-state index contributed by atoms with van der Waals surface area (Å²) in [6.45, 7) is 2.40. The van der Waals surface area contributed by atoms with Crippen LogP contribution in [0.2, 0.25) is 0 Å². The van der Waals surface area contributed by atoms with Crippen LogP contribution in [0.4, 0.5) is 5.69 Å². The van der Waals surface area contributed by atoms with E-state index >= 15 is 0 Å². The van der Waals surface area contributed by atoms with E-state index in [4.69, 9.17) is 22.4 Å². The predicted molar refractivity (Wildman–Crippen MR) is 78.6 cm³/mol. The van der Waals surface area contributed by atoms with Crippen LogP contribution >= 0.6 is 28.1 Å². The largest absolute Gasteiger partial charge is 0.444 e. The number of nitrogens with zero attached hydrogens (tertiary/aromatic N) is 1. The Kier molecular flexibility index (Phi) is 3.98. The monoisotopic (exact) mass is 325 g/mol. The summed E-state index contributed by atoms with van der Waals surface area (Å²) in [7, 11) is 0. The van der Waals surface area contributed by atoms with Gasteiger partial charge < -0.3 is 15.5 Å². The summed E-state index contributed by atoms with van der Waals surface area (Å²) in [6.07, 6.45) is 1.70. The molecule has 18 heavy (non-hydrogen) atoms. The third-order valence-corrected chi connectivity index (χ3v) is 3.22. The SMILES string of the molecule is Cc1cnc(CNc2ccc(C(N)=S)c(Br)c2)o1. The Labute approximate surface area is 119 Å². The summed E-state index contributed by atoms with van der Waals surface area (Å²) < 4.78 is 6.24. The molecule has 3 N–H and O–H groups in total. The van der Waals surface area contributed by atoms with E-state index in [9.17, 15) is 0 Å². The standard InChI is InChI=1S/C12H12BrN3OS/c1-7-5-16-11(17-7)6-15-8-2-3-9(12(14)18)10(13)4-8/h2-5,15H,6H2,1H3,(H2,14,18). The Balaban J connectivity index is 2.06. The minimum Gasteiger partial charge on any atom is -0.444 e. The first-order valence-corrected chi connectivity index (χ1v) is 6.51. The molecule has 0 saturated carbocycles. The number of aromatic nitrogens is 1. The quantitative estimate of drug-likeness (QED) is 0.846. The third-order valence-electron chi connectivity index (χ3n) is 2.35. The number of aryl methyl sites for hydroxylation is 1. The van der Waals surface area contributed by atoms with Gasteiger partial charge in [0.15, 0.2) is 0 Å². The lowest BCUT2D eigenvalue weighted by molar-refractivity contribution is 0.479. The molecule has 2 aromatic rings. The van der Waals surface area contributed by atoms with Crippen molar-refractivity contribution in [2.45, 2.75) is 13.5 Å². The molecule has 6 heteroatoms. The summed E-state index contributed by atoms with van der Waals surface area (Å²) in [5.41, 5.74) is 7.35. The number of benzene rings is 1. The van der Waals surface area contributed by atoms with Crippen LogP contribution in [0.3, 0.4) is 0 Å². The summed E-state index contributed by atoms with van der Waals surface area (Å²) in [4.78, 5) is 4.49.